The number of rotatable bonds is 3. The molecule has 0 amide bonds. The average molecular weight is 250 g/mol. The highest BCUT2D eigenvalue weighted by atomic mass is 19.1. The van der Waals surface area contributed by atoms with Crippen molar-refractivity contribution in [3.63, 3.8) is 0 Å². The van der Waals surface area contributed by atoms with Gasteiger partial charge < -0.3 is 4.74 Å². The molecule has 1 unspecified atom stereocenters. The first kappa shape index (κ1) is 14.2. The molecule has 0 fully saturated rings. The van der Waals surface area contributed by atoms with Gasteiger partial charge in [-0.15, -0.1) is 0 Å². The molecule has 2 rings (SSSR count). The van der Waals surface area contributed by atoms with Crippen LogP contribution in [0.1, 0.15) is 26.8 Å². The zero-order chi connectivity index (χ0) is 13.5. The quantitative estimate of drug-likeness (QED) is 0.762. The molecule has 0 saturated heterocycles. The van der Waals surface area contributed by atoms with Gasteiger partial charge in [0, 0.05) is 12.4 Å². The molecule has 0 N–H and O–H groups in total. The van der Waals surface area contributed by atoms with Crippen LogP contribution in [0.4, 0.5) is 4.39 Å². The van der Waals surface area contributed by atoms with Gasteiger partial charge in [-0.25, -0.2) is 9.37 Å². The molecular formula is C14H19FN2O. The van der Waals surface area contributed by atoms with Gasteiger partial charge in [0.2, 0.25) is 0 Å². The molecule has 0 aromatic carbocycles. The van der Waals surface area contributed by atoms with Crippen LogP contribution in [0.3, 0.4) is 0 Å². The topological polar surface area (TPSA) is 27.1 Å². The van der Waals surface area contributed by atoms with E-state index in [9.17, 15) is 4.39 Å². The fourth-order valence-corrected chi connectivity index (χ4v) is 1.71. The van der Waals surface area contributed by atoms with Crippen LogP contribution >= 0.6 is 0 Å². The van der Waals surface area contributed by atoms with Gasteiger partial charge in [-0.2, -0.15) is 0 Å². The minimum Gasteiger partial charge on any atom is -0.462 e. The molecule has 1 aliphatic rings. The van der Waals surface area contributed by atoms with E-state index in [-0.39, 0.29) is 11.9 Å². The lowest BCUT2D eigenvalue weighted by Crippen LogP contribution is -2.07. The van der Waals surface area contributed by atoms with Crippen molar-refractivity contribution < 1.29 is 9.13 Å². The first-order valence-electron chi connectivity index (χ1n) is 6.04. The van der Waals surface area contributed by atoms with E-state index in [0.29, 0.717) is 12.6 Å². The molecule has 0 saturated carbocycles. The summed E-state index contributed by atoms with van der Waals surface area (Å²) in [5, 5.41) is 0. The fourth-order valence-electron chi connectivity index (χ4n) is 1.71. The Balaban J connectivity index is 0.000000771. The van der Waals surface area contributed by atoms with Crippen molar-refractivity contribution in [3.8, 4) is 6.01 Å². The third-order valence-corrected chi connectivity index (χ3v) is 2.51. The van der Waals surface area contributed by atoms with Crippen molar-refractivity contribution in [2.45, 2.75) is 26.8 Å². The summed E-state index contributed by atoms with van der Waals surface area (Å²) in [6, 6.07) is 0.618. The van der Waals surface area contributed by atoms with Gasteiger partial charge in [-0.1, -0.05) is 26.5 Å². The van der Waals surface area contributed by atoms with Gasteiger partial charge in [0.05, 0.1) is 6.04 Å². The average Bonchev–Trinajstić information content (AvgIpc) is 2.93. The number of ether oxygens (including phenoxy) is 1. The summed E-state index contributed by atoms with van der Waals surface area (Å²) in [6.45, 7) is 9.83. The Bertz CT molecular complexity index is 460. The van der Waals surface area contributed by atoms with E-state index < -0.39 is 0 Å². The molecule has 1 aromatic heterocycles. The molecule has 98 valence electrons. The molecule has 18 heavy (non-hydrogen) atoms. The van der Waals surface area contributed by atoms with Gasteiger partial charge in [0.15, 0.2) is 0 Å². The van der Waals surface area contributed by atoms with Crippen molar-refractivity contribution >= 4 is 0 Å². The van der Waals surface area contributed by atoms with Crippen LogP contribution in [0.15, 0.2) is 48.6 Å². The van der Waals surface area contributed by atoms with E-state index in [0.717, 1.165) is 5.57 Å². The number of halogens is 1. The summed E-state index contributed by atoms with van der Waals surface area (Å²) in [5.74, 6) is -0.305. The molecule has 0 aliphatic carbocycles. The van der Waals surface area contributed by atoms with Gasteiger partial charge in [-0.05, 0) is 24.6 Å². The van der Waals surface area contributed by atoms with Gasteiger partial charge in [0.25, 0.3) is 6.01 Å². The third-order valence-electron chi connectivity index (χ3n) is 2.51. The lowest BCUT2D eigenvalue weighted by atomic mass is 10.1. The van der Waals surface area contributed by atoms with E-state index in [2.05, 4.69) is 11.6 Å². The van der Waals surface area contributed by atoms with E-state index in [1.807, 2.05) is 31.5 Å². The monoisotopic (exact) mass is 250 g/mol. The van der Waals surface area contributed by atoms with E-state index >= 15 is 0 Å². The zero-order valence-corrected chi connectivity index (χ0v) is 11.1. The van der Waals surface area contributed by atoms with E-state index in [1.54, 1.807) is 6.20 Å². The highest BCUT2D eigenvalue weighted by molar-refractivity contribution is 5.25. The molecule has 4 heteroatoms. The first-order chi connectivity index (χ1) is 8.72. The zero-order valence-electron chi connectivity index (χ0n) is 11.1. The molecule has 1 aliphatic heterocycles. The van der Waals surface area contributed by atoms with E-state index in [4.69, 9.17) is 4.74 Å². The number of hydrogen-bond acceptors (Lipinski definition) is 2. The van der Waals surface area contributed by atoms with Gasteiger partial charge in [-0.3, -0.25) is 4.57 Å². The van der Waals surface area contributed by atoms with Crippen molar-refractivity contribution in [1.29, 1.82) is 0 Å². The van der Waals surface area contributed by atoms with Gasteiger partial charge in [0.1, 0.15) is 12.4 Å². The second-order valence-corrected chi connectivity index (χ2v) is 3.62. The largest absolute Gasteiger partial charge is 0.462 e. The Morgan fingerprint density at radius 2 is 2.33 bits per heavy atom. The number of nitrogens with zero attached hydrogens (tertiary/aromatic N) is 2. The Kier molecular flexibility index (Phi) is 5.36. The second-order valence-electron chi connectivity index (χ2n) is 3.62. The van der Waals surface area contributed by atoms with Crippen molar-refractivity contribution in [3.05, 3.63) is 48.6 Å². The molecule has 3 nitrogen and oxygen atoms in total. The highest BCUT2D eigenvalue weighted by Gasteiger charge is 2.24. The Hall–Kier alpha value is -1.84. The summed E-state index contributed by atoms with van der Waals surface area (Å²) in [5.41, 5.74) is 0.896. The number of imidazole rings is 1. The van der Waals surface area contributed by atoms with Gasteiger partial charge >= 0.3 is 0 Å². The van der Waals surface area contributed by atoms with Crippen LogP contribution < -0.4 is 4.74 Å². The molecular weight excluding hydrogens is 231 g/mol. The molecule has 0 bridgehead atoms. The smallest absolute Gasteiger partial charge is 0.296 e. The molecule has 1 atom stereocenters. The van der Waals surface area contributed by atoms with Crippen molar-refractivity contribution in [2.75, 3.05) is 6.61 Å². The number of allylic oxidation sites excluding steroid dienone is 4. The normalized spacial score (nSPS) is 18.6. The predicted molar refractivity (Wildman–Crippen MR) is 71.3 cm³/mol. The summed E-state index contributed by atoms with van der Waals surface area (Å²) >= 11 is 0. The Morgan fingerprint density at radius 1 is 1.61 bits per heavy atom. The van der Waals surface area contributed by atoms with Crippen LogP contribution in [0.2, 0.25) is 0 Å². The van der Waals surface area contributed by atoms with Crippen LogP contribution in [-0.2, 0) is 0 Å². The standard InChI is InChI=1S/C12H13FN2O.C2H6/c1-3-4-10(13)7-9(2)11-8-16-12-14-5-6-15(11)12;1-2/h3-7,11H,1,8H2,2H3;1-2H3/b9-7+,10-4+;. The summed E-state index contributed by atoms with van der Waals surface area (Å²) in [7, 11) is 0. The maximum Gasteiger partial charge on any atom is 0.296 e. The van der Waals surface area contributed by atoms with Crippen molar-refractivity contribution in [1.82, 2.24) is 9.55 Å². The van der Waals surface area contributed by atoms with Crippen LogP contribution in [-0.4, -0.2) is 16.2 Å². The fraction of sp³-hybridized carbons (Fsp3) is 0.357. The number of aromatic nitrogens is 2. The molecule has 0 spiro atoms. The lowest BCUT2D eigenvalue weighted by molar-refractivity contribution is 0.330. The number of fused-ring (bicyclic) bond motifs is 1. The lowest BCUT2D eigenvalue weighted by Gasteiger charge is -2.10. The summed E-state index contributed by atoms with van der Waals surface area (Å²) in [4.78, 5) is 4.03. The Morgan fingerprint density at radius 3 is 3.00 bits per heavy atom. The molecule has 1 aromatic rings. The van der Waals surface area contributed by atoms with Crippen LogP contribution in [0.25, 0.3) is 0 Å². The molecule has 0 radical (unpaired) electrons. The maximum atomic E-state index is 13.3. The summed E-state index contributed by atoms with van der Waals surface area (Å²) < 4.78 is 20.5. The minimum absolute atomic E-state index is 0.0291. The minimum atomic E-state index is -0.305. The van der Waals surface area contributed by atoms with E-state index in [1.165, 1.54) is 18.2 Å². The third kappa shape index (κ3) is 3.09. The highest BCUT2D eigenvalue weighted by Crippen LogP contribution is 2.29. The second kappa shape index (κ2) is 6.79. The summed E-state index contributed by atoms with van der Waals surface area (Å²) in [6.07, 6.45) is 7.75. The van der Waals surface area contributed by atoms with Crippen LogP contribution in [0, 0.1) is 0 Å². The van der Waals surface area contributed by atoms with Crippen molar-refractivity contribution in [2.24, 2.45) is 0 Å². The first-order valence-corrected chi connectivity index (χ1v) is 6.04. The predicted octanol–water partition coefficient (Wildman–Crippen LogP) is 3.83. The molecule has 2 heterocycles. The number of hydrogen-bond donors (Lipinski definition) is 0. The van der Waals surface area contributed by atoms with Crippen LogP contribution in [0.5, 0.6) is 6.01 Å². The SMILES string of the molecule is C=C/C=C(F)\C=C(/C)C1COc2nccn21.CC. The Labute approximate surface area is 107 Å². The maximum absolute atomic E-state index is 13.3.